The molecule has 0 saturated carbocycles. The molecule has 0 amide bonds. The van der Waals surface area contributed by atoms with Gasteiger partial charge in [-0.05, 0) is 26.2 Å². The molecular weight excluding hydrogens is 266 g/mol. The SMILES string of the molecule is CC(Cl)CC1CCCN1c1cc2n[nH]c(=O)n2cn1. The van der Waals surface area contributed by atoms with Gasteiger partial charge in [0, 0.05) is 24.0 Å². The quantitative estimate of drug-likeness (QED) is 0.864. The van der Waals surface area contributed by atoms with Crippen molar-refractivity contribution in [1.29, 1.82) is 0 Å². The molecular formula is C12H16ClN5O. The summed E-state index contributed by atoms with van der Waals surface area (Å²) in [6.45, 7) is 2.99. The van der Waals surface area contributed by atoms with Gasteiger partial charge in [-0.3, -0.25) is 0 Å². The molecule has 0 bridgehead atoms. The Kier molecular flexibility index (Phi) is 3.18. The van der Waals surface area contributed by atoms with Crippen LogP contribution in [0.15, 0.2) is 17.2 Å². The number of rotatable bonds is 3. The molecule has 2 atom stereocenters. The van der Waals surface area contributed by atoms with Gasteiger partial charge >= 0.3 is 5.69 Å². The summed E-state index contributed by atoms with van der Waals surface area (Å²) in [5.41, 5.74) is 0.334. The van der Waals surface area contributed by atoms with E-state index in [-0.39, 0.29) is 11.1 Å². The van der Waals surface area contributed by atoms with Gasteiger partial charge in [0.1, 0.15) is 12.1 Å². The molecule has 0 aromatic carbocycles. The Bertz CT molecular complexity index is 634. The minimum atomic E-state index is -0.263. The zero-order valence-electron chi connectivity index (χ0n) is 10.7. The number of fused-ring (bicyclic) bond motifs is 1. The summed E-state index contributed by atoms with van der Waals surface area (Å²) in [6, 6.07) is 2.27. The second kappa shape index (κ2) is 4.85. The maximum absolute atomic E-state index is 11.4. The van der Waals surface area contributed by atoms with Gasteiger partial charge in [0.05, 0.1) is 0 Å². The van der Waals surface area contributed by atoms with Crippen LogP contribution in [0.4, 0.5) is 5.82 Å². The van der Waals surface area contributed by atoms with Gasteiger partial charge in [-0.25, -0.2) is 19.3 Å². The Labute approximate surface area is 115 Å². The van der Waals surface area contributed by atoms with Crippen LogP contribution in [0.3, 0.4) is 0 Å². The molecule has 102 valence electrons. The van der Waals surface area contributed by atoms with Gasteiger partial charge in [0.25, 0.3) is 0 Å². The number of aromatic nitrogens is 4. The van der Waals surface area contributed by atoms with Crippen LogP contribution >= 0.6 is 11.6 Å². The highest BCUT2D eigenvalue weighted by atomic mass is 35.5. The van der Waals surface area contributed by atoms with Crippen LogP contribution in [0.25, 0.3) is 5.65 Å². The van der Waals surface area contributed by atoms with E-state index in [4.69, 9.17) is 11.6 Å². The predicted molar refractivity (Wildman–Crippen MR) is 73.9 cm³/mol. The number of aromatic amines is 1. The van der Waals surface area contributed by atoms with E-state index in [0.717, 1.165) is 31.6 Å². The van der Waals surface area contributed by atoms with Crippen molar-refractivity contribution in [3.63, 3.8) is 0 Å². The molecule has 1 aliphatic heterocycles. The van der Waals surface area contributed by atoms with Gasteiger partial charge in [-0.15, -0.1) is 11.6 Å². The third kappa shape index (κ3) is 2.32. The fraction of sp³-hybridized carbons (Fsp3) is 0.583. The van der Waals surface area contributed by atoms with Gasteiger partial charge < -0.3 is 4.90 Å². The zero-order valence-corrected chi connectivity index (χ0v) is 11.5. The number of nitrogens with one attached hydrogen (secondary N) is 1. The molecule has 0 spiro atoms. The highest BCUT2D eigenvalue weighted by Gasteiger charge is 2.27. The standard InChI is InChI=1S/C12H16ClN5O/c1-8(13)5-9-3-2-4-17(9)10-6-11-15-16-12(19)18(11)7-14-10/h6-9H,2-5H2,1H3,(H,16,19). The molecule has 1 fully saturated rings. The number of hydrogen-bond acceptors (Lipinski definition) is 4. The summed E-state index contributed by atoms with van der Waals surface area (Å²) < 4.78 is 1.40. The molecule has 6 nitrogen and oxygen atoms in total. The molecule has 1 saturated heterocycles. The normalized spacial score (nSPS) is 21.2. The summed E-state index contributed by atoms with van der Waals surface area (Å²) in [7, 11) is 0. The maximum Gasteiger partial charge on any atom is 0.348 e. The molecule has 0 radical (unpaired) electrons. The molecule has 0 aliphatic carbocycles. The van der Waals surface area contributed by atoms with Crippen molar-refractivity contribution in [3.8, 4) is 0 Å². The van der Waals surface area contributed by atoms with E-state index in [9.17, 15) is 4.79 Å². The van der Waals surface area contributed by atoms with Crippen LogP contribution in [-0.2, 0) is 0 Å². The number of hydrogen-bond donors (Lipinski definition) is 1. The third-order valence-corrected chi connectivity index (χ3v) is 3.74. The number of alkyl halides is 1. The number of halogens is 1. The lowest BCUT2D eigenvalue weighted by molar-refractivity contribution is 0.600. The fourth-order valence-electron chi connectivity index (χ4n) is 2.71. The molecule has 2 aromatic heterocycles. The monoisotopic (exact) mass is 281 g/mol. The Hall–Kier alpha value is -1.56. The second-order valence-electron chi connectivity index (χ2n) is 5.01. The average molecular weight is 282 g/mol. The summed E-state index contributed by atoms with van der Waals surface area (Å²) in [6.07, 6.45) is 4.75. The lowest BCUT2D eigenvalue weighted by Gasteiger charge is -2.26. The first-order valence-electron chi connectivity index (χ1n) is 6.48. The topological polar surface area (TPSA) is 66.3 Å². The Morgan fingerprint density at radius 3 is 3.26 bits per heavy atom. The first kappa shape index (κ1) is 12.5. The van der Waals surface area contributed by atoms with Crippen LogP contribution in [0.5, 0.6) is 0 Å². The van der Waals surface area contributed by atoms with Crippen molar-refractivity contribution >= 4 is 23.1 Å². The van der Waals surface area contributed by atoms with Crippen molar-refractivity contribution in [3.05, 3.63) is 22.9 Å². The molecule has 2 unspecified atom stereocenters. The minimum absolute atomic E-state index is 0.155. The van der Waals surface area contributed by atoms with Gasteiger partial charge in [0.15, 0.2) is 5.65 Å². The van der Waals surface area contributed by atoms with E-state index in [1.807, 2.05) is 13.0 Å². The molecule has 1 N–H and O–H groups in total. The van der Waals surface area contributed by atoms with Crippen molar-refractivity contribution < 1.29 is 0 Å². The van der Waals surface area contributed by atoms with Gasteiger partial charge in [-0.2, -0.15) is 5.10 Å². The van der Waals surface area contributed by atoms with E-state index >= 15 is 0 Å². The zero-order chi connectivity index (χ0) is 13.4. The van der Waals surface area contributed by atoms with E-state index in [1.54, 1.807) is 0 Å². The van der Waals surface area contributed by atoms with Crippen molar-refractivity contribution in [2.24, 2.45) is 0 Å². The minimum Gasteiger partial charge on any atom is -0.353 e. The van der Waals surface area contributed by atoms with Crippen LogP contribution in [0, 0.1) is 0 Å². The van der Waals surface area contributed by atoms with Gasteiger partial charge in [0.2, 0.25) is 0 Å². The fourth-order valence-corrected chi connectivity index (χ4v) is 2.92. The second-order valence-corrected chi connectivity index (χ2v) is 5.76. The van der Waals surface area contributed by atoms with E-state index in [2.05, 4.69) is 20.1 Å². The molecule has 7 heteroatoms. The van der Waals surface area contributed by atoms with Crippen LogP contribution < -0.4 is 10.6 Å². The Balaban J connectivity index is 1.92. The Morgan fingerprint density at radius 1 is 1.63 bits per heavy atom. The van der Waals surface area contributed by atoms with E-state index in [0.29, 0.717) is 11.7 Å². The predicted octanol–water partition coefficient (Wildman–Crippen LogP) is 1.40. The summed E-state index contributed by atoms with van der Waals surface area (Å²) in [5, 5.41) is 6.54. The molecule has 19 heavy (non-hydrogen) atoms. The average Bonchev–Trinajstić information content (AvgIpc) is 2.96. The third-order valence-electron chi connectivity index (χ3n) is 3.56. The van der Waals surface area contributed by atoms with Gasteiger partial charge in [-0.1, -0.05) is 0 Å². The van der Waals surface area contributed by atoms with Crippen LogP contribution in [-0.4, -0.2) is 37.5 Å². The summed E-state index contributed by atoms with van der Waals surface area (Å²) >= 11 is 6.10. The maximum atomic E-state index is 11.4. The molecule has 2 aromatic rings. The van der Waals surface area contributed by atoms with Crippen molar-refractivity contribution in [2.45, 2.75) is 37.6 Å². The smallest absolute Gasteiger partial charge is 0.348 e. The number of nitrogens with zero attached hydrogens (tertiary/aromatic N) is 4. The highest BCUT2D eigenvalue weighted by Crippen LogP contribution is 2.27. The van der Waals surface area contributed by atoms with Crippen molar-refractivity contribution in [2.75, 3.05) is 11.4 Å². The lowest BCUT2D eigenvalue weighted by Crippen LogP contribution is -2.31. The van der Waals surface area contributed by atoms with E-state index < -0.39 is 0 Å². The molecule has 1 aliphatic rings. The Morgan fingerprint density at radius 2 is 2.47 bits per heavy atom. The van der Waals surface area contributed by atoms with Crippen molar-refractivity contribution in [1.82, 2.24) is 19.6 Å². The summed E-state index contributed by atoms with van der Waals surface area (Å²) in [5.74, 6) is 0.867. The first-order chi connectivity index (χ1) is 9.15. The summed E-state index contributed by atoms with van der Waals surface area (Å²) in [4.78, 5) is 18.0. The molecule has 3 heterocycles. The first-order valence-corrected chi connectivity index (χ1v) is 6.92. The number of anilines is 1. The lowest BCUT2D eigenvalue weighted by atomic mass is 10.1. The molecule has 3 rings (SSSR count). The highest BCUT2D eigenvalue weighted by molar-refractivity contribution is 6.20. The van der Waals surface area contributed by atoms with Crippen LogP contribution in [0.2, 0.25) is 0 Å². The number of H-pyrrole nitrogens is 1. The van der Waals surface area contributed by atoms with E-state index in [1.165, 1.54) is 10.7 Å². The van der Waals surface area contributed by atoms with Crippen LogP contribution in [0.1, 0.15) is 26.2 Å². The largest absolute Gasteiger partial charge is 0.353 e.